The maximum atomic E-state index is 12.7. The van der Waals surface area contributed by atoms with E-state index in [1.165, 1.54) is 28.6 Å². The van der Waals surface area contributed by atoms with Crippen LogP contribution in [0.15, 0.2) is 29.2 Å². The number of nitrogens with one attached hydrogen (secondary N) is 1. The summed E-state index contributed by atoms with van der Waals surface area (Å²) in [5.41, 5.74) is 0.184. The van der Waals surface area contributed by atoms with Crippen molar-refractivity contribution in [2.24, 2.45) is 5.41 Å². The van der Waals surface area contributed by atoms with Gasteiger partial charge < -0.3 is 5.32 Å². The Morgan fingerprint density at radius 2 is 1.61 bits per heavy atom. The highest BCUT2D eigenvalue weighted by Gasteiger charge is 2.39. The molecule has 23 heavy (non-hydrogen) atoms. The van der Waals surface area contributed by atoms with Crippen LogP contribution in [0.2, 0.25) is 0 Å². The smallest absolute Gasteiger partial charge is 0.269 e. The standard InChI is InChI=1S/C15H21N3O4S/c19-18(20)13-1-3-14(4-2-13)23(21,22)17-11-7-15(8-12-17)5-9-16-10-6-15/h1-4,16H,5-12H2. The van der Waals surface area contributed by atoms with Crippen LogP contribution in [-0.4, -0.2) is 43.8 Å². The van der Waals surface area contributed by atoms with Gasteiger partial charge in [-0.05, 0) is 56.3 Å². The van der Waals surface area contributed by atoms with Gasteiger partial charge in [0, 0.05) is 25.2 Å². The lowest BCUT2D eigenvalue weighted by Gasteiger charge is -2.43. The van der Waals surface area contributed by atoms with Crippen molar-refractivity contribution < 1.29 is 13.3 Å². The molecule has 2 fully saturated rings. The zero-order valence-electron chi connectivity index (χ0n) is 12.9. The molecule has 0 saturated carbocycles. The molecule has 1 aromatic rings. The first-order valence-corrected chi connectivity index (χ1v) is 9.32. The van der Waals surface area contributed by atoms with E-state index >= 15 is 0 Å². The Morgan fingerprint density at radius 3 is 2.13 bits per heavy atom. The predicted molar refractivity (Wildman–Crippen MR) is 85.6 cm³/mol. The van der Waals surface area contributed by atoms with Crippen LogP contribution in [0.25, 0.3) is 0 Å². The van der Waals surface area contributed by atoms with Crippen molar-refractivity contribution in [1.29, 1.82) is 0 Å². The topological polar surface area (TPSA) is 92.5 Å². The van der Waals surface area contributed by atoms with Crippen LogP contribution in [0.1, 0.15) is 25.7 Å². The molecule has 1 spiro atoms. The summed E-state index contributed by atoms with van der Waals surface area (Å²) in [6, 6.07) is 5.13. The molecule has 0 radical (unpaired) electrons. The summed E-state index contributed by atoms with van der Waals surface area (Å²) < 4.78 is 26.9. The van der Waals surface area contributed by atoms with Crippen LogP contribution in [0.3, 0.4) is 0 Å². The Bertz CT molecular complexity index is 671. The van der Waals surface area contributed by atoms with E-state index in [2.05, 4.69) is 5.32 Å². The second-order valence-electron chi connectivity index (χ2n) is 6.41. The molecular formula is C15H21N3O4S. The Labute approximate surface area is 135 Å². The van der Waals surface area contributed by atoms with Gasteiger partial charge in [0.2, 0.25) is 10.0 Å². The SMILES string of the molecule is O=[N+]([O-])c1ccc(S(=O)(=O)N2CCC3(CCNCC3)CC2)cc1. The van der Waals surface area contributed by atoms with Gasteiger partial charge in [0.05, 0.1) is 9.82 Å². The monoisotopic (exact) mass is 339 g/mol. The van der Waals surface area contributed by atoms with Crippen molar-refractivity contribution in [1.82, 2.24) is 9.62 Å². The lowest BCUT2D eigenvalue weighted by Crippen LogP contribution is -2.47. The molecule has 126 valence electrons. The summed E-state index contributed by atoms with van der Waals surface area (Å²) in [5, 5.41) is 14.0. The number of non-ortho nitro benzene ring substituents is 1. The number of sulfonamides is 1. The van der Waals surface area contributed by atoms with Crippen molar-refractivity contribution in [3.05, 3.63) is 34.4 Å². The molecular weight excluding hydrogens is 318 g/mol. The first-order valence-electron chi connectivity index (χ1n) is 7.88. The molecule has 0 aromatic heterocycles. The van der Waals surface area contributed by atoms with E-state index in [9.17, 15) is 18.5 Å². The summed E-state index contributed by atoms with van der Waals surface area (Å²) in [5.74, 6) is 0. The maximum Gasteiger partial charge on any atom is 0.269 e. The molecule has 2 saturated heterocycles. The van der Waals surface area contributed by atoms with Crippen molar-refractivity contribution in [3.8, 4) is 0 Å². The highest BCUT2D eigenvalue weighted by molar-refractivity contribution is 7.89. The van der Waals surface area contributed by atoms with E-state index in [1.54, 1.807) is 0 Å². The lowest BCUT2D eigenvalue weighted by atomic mass is 9.72. The van der Waals surface area contributed by atoms with Gasteiger partial charge in [0.25, 0.3) is 5.69 Å². The molecule has 1 N–H and O–H groups in total. The van der Waals surface area contributed by atoms with Crippen molar-refractivity contribution in [3.63, 3.8) is 0 Å². The Balaban J connectivity index is 1.72. The summed E-state index contributed by atoms with van der Waals surface area (Å²) in [4.78, 5) is 10.3. The second-order valence-corrected chi connectivity index (χ2v) is 8.34. The van der Waals surface area contributed by atoms with Gasteiger partial charge in [-0.25, -0.2) is 8.42 Å². The molecule has 0 aliphatic carbocycles. The van der Waals surface area contributed by atoms with Crippen molar-refractivity contribution in [2.45, 2.75) is 30.6 Å². The average molecular weight is 339 g/mol. The summed E-state index contributed by atoms with van der Waals surface area (Å²) in [7, 11) is -3.56. The molecule has 0 unspecified atom stereocenters. The molecule has 2 aliphatic heterocycles. The van der Waals surface area contributed by atoms with Gasteiger partial charge in [-0.15, -0.1) is 0 Å². The molecule has 7 nitrogen and oxygen atoms in total. The molecule has 1 aromatic carbocycles. The summed E-state index contributed by atoms with van der Waals surface area (Å²) in [6.07, 6.45) is 4.00. The van der Waals surface area contributed by atoms with Crippen LogP contribution in [0, 0.1) is 15.5 Å². The first-order chi connectivity index (χ1) is 10.9. The fraction of sp³-hybridized carbons (Fsp3) is 0.600. The number of nitro groups is 1. The van der Waals surface area contributed by atoms with E-state index in [-0.39, 0.29) is 16.0 Å². The molecule has 8 heteroatoms. The highest BCUT2D eigenvalue weighted by atomic mass is 32.2. The minimum absolute atomic E-state index is 0.101. The summed E-state index contributed by atoms with van der Waals surface area (Å²) >= 11 is 0. The molecule has 0 atom stereocenters. The lowest BCUT2D eigenvalue weighted by molar-refractivity contribution is -0.384. The highest BCUT2D eigenvalue weighted by Crippen LogP contribution is 2.40. The largest absolute Gasteiger partial charge is 0.317 e. The van der Waals surface area contributed by atoms with Gasteiger partial charge in [-0.2, -0.15) is 4.31 Å². The number of nitro benzene ring substituents is 1. The zero-order chi connectivity index (χ0) is 16.5. The summed E-state index contributed by atoms with van der Waals surface area (Å²) in [6.45, 7) is 3.07. The Morgan fingerprint density at radius 1 is 1.04 bits per heavy atom. The van der Waals surface area contributed by atoms with E-state index in [4.69, 9.17) is 0 Å². The third kappa shape index (κ3) is 3.24. The van der Waals surface area contributed by atoms with Crippen molar-refractivity contribution in [2.75, 3.05) is 26.2 Å². The van der Waals surface area contributed by atoms with Gasteiger partial charge in [-0.1, -0.05) is 0 Å². The fourth-order valence-electron chi connectivity index (χ4n) is 3.55. The number of benzene rings is 1. The first kappa shape index (κ1) is 16.4. The molecule has 0 bridgehead atoms. The number of nitrogens with zero attached hydrogens (tertiary/aromatic N) is 2. The fourth-order valence-corrected chi connectivity index (χ4v) is 4.99. The van der Waals surface area contributed by atoms with Gasteiger partial charge in [-0.3, -0.25) is 10.1 Å². The quantitative estimate of drug-likeness (QED) is 0.669. The number of hydrogen-bond acceptors (Lipinski definition) is 5. The van der Waals surface area contributed by atoms with Gasteiger partial charge in [0.15, 0.2) is 0 Å². The van der Waals surface area contributed by atoms with E-state index in [0.29, 0.717) is 13.1 Å². The second kappa shape index (κ2) is 6.18. The average Bonchev–Trinajstić information content (AvgIpc) is 2.56. The molecule has 2 heterocycles. The van der Waals surface area contributed by atoms with Crippen LogP contribution in [-0.2, 0) is 10.0 Å². The Kier molecular flexibility index (Phi) is 4.39. The van der Waals surface area contributed by atoms with Crippen LogP contribution < -0.4 is 5.32 Å². The van der Waals surface area contributed by atoms with E-state index in [1.807, 2.05) is 0 Å². The van der Waals surface area contributed by atoms with Crippen molar-refractivity contribution >= 4 is 15.7 Å². The van der Waals surface area contributed by atoms with Crippen LogP contribution in [0.4, 0.5) is 5.69 Å². The number of piperidine rings is 2. The van der Waals surface area contributed by atoms with Gasteiger partial charge >= 0.3 is 0 Å². The van der Waals surface area contributed by atoms with E-state index < -0.39 is 14.9 Å². The van der Waals surface area contributed by atoms with Crippen LogP contribution in [0.5, 0.6) is 0 Å². The maximum absolute atomic E-state index is 12.7. The molecule has 0 amide bonds. The molecule has 3 rings (SSSR count). The number of rotatable bonds is 3. The van der Waals surface area contributed by atoms with E-state index in [0.717, 1.165) is 38.8 Å². The minimum atomic E-state index is -3.56. The normalized spacial score (nSPS) is 22.1. The zero-order valence-corrected chi connectivity index (χ0v) is 13.7. The Hall–Kier alpha value is -1.51. The predicted octanol–water partition coefficient (Wildman–Crippen LogP) is 1.75. The third-order valence-corrected chi connectivity index (χ3v) is 7.05. The minimum Gasteiger partial charge on any atom is -0.317 e. The molecule has 2 aliphatic rings. The number of hydrogen-bond donors (Lipinski definition) is 1. The van der Waals surface area contributed by atoms with Gasteiger partial charge in [0.1, 0.15) is 0 Å². The van der Waals surface area contributed by atoms with Crippen LogP contribution >= 0.6 is 0 Å². The third-order valence-electron chi connectivity index (χ3n) is 5.13.